The molecule has 0 aliphatic heterocycles. The number of nitrogens with one attached hydrogen (secondary N) is 1. The number of hydrogen-bond acceptors (Lipinski definition) is 5. The van der Waals surface area contributed by atoms with Crippen molar-refractivity contribution in [3.63, 3.8) is 0 Å². The van der Waals surface area contributed by atoms with Crippen molar-refractivity contribution in [2.45, 2.75) is 5.03 Å². The Morgan fingerprint density at radius 1 is 1.25 bits per heavy atom. The second-order valence-corrected chi connectivity index (χ2v) is 5.27. The molecule has 7 nitrogen and oxygen atoms in total. The van der Waals surface area contributed by atoms with Crippen LogP contribution in [0.4, 0.5) is 10.2 Å². The van der Waals surface area contributed by atoms with E-state index in [1.165, 1.54) is 12.1 Å². The molecule has 0 radical (unpaired) electrons. The van der Waals surface area contributed by atoms with Crippen LogP contribution in [0, 0.1) is 5.95 Å². The number of aromatic carboxylic acids is 1. The number of pyridine rings is 2. The van der Waals surface area contributed by atoms with E-state index < -0.39 is 27.0 Å². The summed E-state index contributed by atoms with van der Waals surface area (Å²) in [4.78, 5) is 17.5. The lowest BCUT2D eigenvalue weighted by molar-refractivity contribution is 0.0696. The maximum Gasteiger partial charge on any atom is 0.337 e. The van der Waals surface area contributed by atoms with Gasteiger partial charge in [0.05, 0.1) is 5.56 Å². The Labute approximate surface area is 113 Å². The first-order valence-corrected chi connectivity index (χ1v) is 6.71. The van der Waals surface area contributed by atoms with Gasteiger partial charge >= 0.3 is 5.97 Å². The molecule has 2 aromatic rings. The highest BCUT2D eigenvalue weighted by Gasteiger charge is 2.17. The Hall–Kier alpha value is -2.55. The molecule has 0 aliphatic carbocycles. The summed E-state index contributed by atoms with van der Waals surface area (Å²) in [5.41, 5.74) is -0.146. The highest BCUT2D eigenvalue weighted by Crippen LogP contribution is 2.13. The zero-order chi connectivity index (χ0) is 14.8. The molecule has 2 aromatic heterocycles. The van der Waals surface area contributed by atoms with Crippen LogP contribution in [-0.4, -0.2) is 29.5 Å². The van der Waals surface area contributed by atoms with Crippen LogP contribution >= 0.6 is 0 Å². The Morgan fingerprint density at radius 3 is 2.55 bits per heavy atom. The Morgan fingerprint density at radius 2 is 2.00 bits per heavy atom. The minimum atomic E-state index is -4.06. The highest BCUT2D eigenvalue weighted by molar-refractivity contribution is 7.92. The monoisotopic (exact) mass is 297 g/mol. The lowest BCUT2D eigenvalue weighted by atomic mass is 10.3. The lowest BCUT2D eigenvalue weighted by Crippen LogP contribution is -2.16. The number of carboxylic acid groups (broad SMARTS) is 1. The average Bonchev–Trinajstić information content (AvgIpc) is 2.38. The molecule has 0 fully saturated rings. The molecule has 0 atom stereocenters. The van der Waals surface area contributed by atoms with Gasteiger partial charge in [-0.1, -0.05) is 6.07 Å². The SMILES string of the molecule is O=C(O)c1ccc(S(=O)(=O)Nc2cccc(F)n2)nc1. The number of carboxylic acids is 1. The minimum Gasteiger partial charge on any atom is -0.478 e. The average molecular weight is 297 g/mol. The zero-order valence-electron chi connectivity index (χ0n) is 9.82. The van der Waals surface area contributed by atoms with Crippen LogP contribution in [-0.2, 0) is 10.0 Å². The van der Waals surface area contributed by atoms with Gasteiger partial charge in [0.1, 0.15) is 5.82 Å². The summed E-state index contributed by atoms with van der Waals surface area (Å²) in [6, 6.07) is 5.76. The van der Waals surface area contributed by atoms with Crippen molar-refractivity contribution >= 4 is 21.8 Å². The normalized spacial score (nSPS) is 11.1. The van der Waals surface area contributed by atoms with E-state index in [0.717, 1.165) is 24.4 Å². The van der Waals surface area contributed by atoms with Crippen LogP contribution in [0.3, 0.4) is 0 Å². The topological polar surface area (TPSA) is 109 Å². The number of nitrogens with zero attached hydrogens (tertiary/aromatic N) is 2. The molecular formula is C11H8FN3O4S. The Balaban J connectivity index is 2.28. The Kier molecular flexibility index (Phi) is 3.61. The zero-order valence-corrected chi connectivity index (χ0v) is 10.6. The quantitative estimate of drug-likeness (QED) is 0.818. The molecule has 0 amide bonds. The van der Waals surface area contributed by atoms with Crippen LogP contribution < -0.4 is 4.72 Å². The smallest absolute Gasteiger partial charge is 0.337 e. The summed E-state index contributed by atoms with van der Waals surface area (Å²) in [6.07, 6.45) is 0.913. The third-order valence-electron chi connectivity index (χ3n) is 2.21. The number of rotatable bonds is 4. The predicted octanol–water partition coefficient (Wildman–Crippen LogP) is 1.11. The van der Waals surface area contributed by atoms with Crippen LogP contribution in [0.25, 0.3) is 0 Å². The first-order valence-electron chi connectivity index (χ1n) is 5.23. The number of halogens is 1. The minimum absolute atomic E-state index is 0.146. The number of sulfonamides is 1. The van der Waals surface area contributed by atoms with Gasteiger partial charge in [-0.3, -0.25) is 4.72 Å². The molecule has 0 saturated heterocycles. The fourth-order valence-corrected chi connectivity index (χ4v) is 2.25. The number of carbonyl (C=O) groups is 1. The van der Waals surface area contributed by atoms with Gasteiger partial charge in [0.2, 0.25) is 5.95 Å². The molecule has 0 spiro atoms. The van der Waals surface area contributed by atoms with Crippen molar-refractivity contribution in [1.82, 2.24) is 9.97 Å². The third kappa shape index (κ3) is 3.06. The number of anilines is 1. The molecule has 0 bridgehead atoms. The van der Waals surface area contributed by atoms with Gasteiger partial charge in [0, 0.05) is 6.20 Å². The summed E-state index contributed by atoms with van der Waals surface area (Å²) in [7, 11) is -4.06. The lowest BCUT2D eigenvalue weighted by Gasteiger charge is -2.06. The van der Waals surface area contributed by atoms with Gasteiger partial charge in [-0.15, -0.1) is 0 Å². The maximum absolute atomic E-state index is 12.9. The van der Waals surface area contributed by atoms with E-state index in [4.69, 9.17) is 5.11 Å². The van der Waals surface area contributed by atoms with Crippen molar-refractivity contribution in [2.75, 3.05) is 4.72 Å². The summed E-state index contributed by atoms with van der Waals surface area (Å²) >= 11 is 0. The van der Waals surface area contributed by atoms with Crippen molar-refractivity contribution in [2.24, 2.45) is 0 Å². The molecule has 0 saturated carbocycles. The molecule has 0 unspecified atom stereocenters. The van der Waals surface area contributed by atoms with E-state index in [0.29, 0.717) is 0 Å². The van der Waals surface area contributed by atoms with Gasteiger partial charge < -0.3 is 5.11 Å². The van der Waals surface area contributed by atoms with E-state index >= 15 is 0 Å². The molecule has 20 heavy (non-hydrogen) atoms. The van der Waals surface area contributed by atoms with E-state index in [9.17, 15) is 17.6 Å². The van der Waals surface area contributed by atoms with Crippen molar-refractivity contribution in [3.05, 3.63) is 48.0 Å². The first kappa shape index (κ1) is 13.9. The van der Waals surface area contributed by atoms with E-state index in [-0.39, 0.29) is 11.4 Å². The largest absolute Gasteiger partial charge is 0.478 e. The van der Waals surface area contributed by atoms with E-state index in [1.807, 2.05) is 4.72 Å². The van der Waals surface area contributed by atoms with Crippen LogP contribution in [0.1, 0.15) is 10.4 Å². The standard InChI is InChI=1S/C11H8FN3O4S/c12-8-2-1-3-9(14-8)15-20(18,19)10-5-4-7(6-13-10)11(16)17/h1-6H,(H,14,15)(H,16,17). The number of aromatic nitrogens is 2. The Bertz CT molecular complexity index is 747. The van der Waals surface area contributed by atoms with Crippen molar-refractivity contribution < 1.29 is 22.7 Å². The van der Waals surface area contributed by atoms with Crippen LogP contribution in [0.2, 0.25) is 0 Å². The van der Waals surface area contributed by atoms with Crippen LogP contribution in [0.15, 0.2) is 41.6 Å². The molecule has 2 rings (SSSR count). The summed E-state index contributed by atoms with van der Waals surface area (Å²) in [5, 5.41) is 8.29. The predicted molar refractivity (Wildman–Crippen MR) is 66.2 cm³/mol. The van der Waals surface area contributed by atoms with Gasteiger partial charge in [0.25, 0.3) is 10.0 Å². The van der Waals surface area contributed by atoms with Gasteiger partial charge in [-0.05, 0) is 24.3 Å². The van der Waals surface area contributed by atoms with Crippen LogP contribution in [0.5, 0.6) is 0 Å². The summed E-state index contributed by atoms with van der Waals surface area (Å²) < 4.78 is 38.7. The fraction of sp³-hybridized carbons (Fsp3) is 0. The number of hydrogen-bond donors (Lipinski definition) is 2. The maximum atomic E-state index is 12.9. The highest BCUT2D eigenvalue weighted by atomic mass is 32.2. The first-order chi connectivity index (χ1) is 9.38. The van der Waals surface area contributed by atoms with Gasteiger partial charge in [-0.2, -0.15) is 12.8 Å². The molecule has 0 aromatic carbocycles. The molecular weight excluding hydrogens is 289 g/mol. The molecule has 104 valence electrons. The van der Waals surface area contributed by atoms with Crippen molar-refractivity contribution in [3.8, 4) is 0 Å². The van der Waals surface area contributed by atoms with E-state index in [2.05, 4.69) is 9.97 Å². The second-order valence-electron chi connectivity index (χ2n) is 3.64. The molecule has 0 aliphatic rings. The summed E-state index contributed by atoms with van der Waals surface area (Å²) in [6.45, 7) is 0. The fourth-order valence-electron chi connectivity index (χ4n) is 1.32. The second kappa shape index (κ2) is 5.21. The summed E-state index contributed by atoms with van der Waals surface area (Å²) in [5.74, 6) is -2.25. The van der Waals surface area contributed by atoms with Gasteiger partial charge in [0.15, 0.2) is 5.03 Å². The molecule has 2 N–H and O–H groups in total. The third-order valence-corrected chi connectivity index (χ3v) is 3.48. The van der Waals surface area contributed by atoms with Gasteiger partial charge in [-0.25, -0.2) is 14.8 Å². The van der Waals surface area contributed by atoms with E-state index in [1.54, 1.807) is 0 Å². The molecule has 9 heteroatoms. The van der Waals surface area contributed by atoms with Crippen molar-refractivity contribution in [1.29, 1.82) is 0 Å². The molecule has 2 heterocycles.